The van der Waals surface area contributed by atoms with Crippen molar-refractivity contribution >= 4 is 11.9 Å². The van der Waals surface area contributed by atoms with Crippen molar-refractivity contribution in [1.29, 1.82) is 0 Å². The third-order valence-corrected chi connectivity index (χ3v) is 10.2. The molecule has 0 rings (SSSR count). The Labute approximate surface area is 288 Å². The van der Waals surface area contributed by atoms with Crippen molar-refractivity contribution < 1.29 is 19.8 Å². The van der Waals surface area contributed by atoms with E-state index in [0.29, 0.717) is 6.42 Å². The second-order valence-electron chi connectivity index (χ2n) is 14.8. The Hall–Kier alpha value is -1.06. The summed E-state index contributed by atoms with van der Waals surface area (Å²) in [6.45, 7) is 2.29. The summed E-state index contributed by atoms with van der Waals surface area (Å²) in [5.74, 6) is -1.35. The summed E-state index contributed by atoms with van der Waals surface area (Å²) in [5.41, 5.74) is 0. The van der Waals surface area contributed by atoms with E-state index in [1.54, 1.807) is 0 Å². The van der Waals surface area contributed by atoms with Gasteiger partial charge in [-0.3, -0.25) is 9.59 Å². The van der Waals surface area contributed by atoms with Crippen molar-refractivity contribution in [2.24, 2.45) is 5.92 Å². The summed E-state index contributed by atoms with van der Waals surface area (Å²) >= 11 is 0. The number of hydrogen-bond acceptors (Lipinski definition) is 2. The van der Waals surface area contributed by atoms with Crippen molar-refractivity contribution in [2.75, 3.05) is 0 Å². The van der Waals surface area contributed by atoms with Crippen LogP contribution in [0.4, 0.5) is 0 Å². The molecule has 0 aliphatic heterocycles. The normalized spacial score (nSPS) is 12.1. The molecule has 4 nitrogen and oxygen atoms in total. The van der Waals surface area contributed by atoms with Gasteiger partial charge in [-0.05, 0) is 19.3 Å². The number of rotatable bonds is 40. The maximum Gasteiger partial charge on any atom is 0.306 e. The van der Waals surface area contributed by atoms with E-state index in [0.717, 1.165) is 38.5 Å². The monoisotopic (exact) mass is 651 g/mol. The average molecular weight is 651 g/mol. The minimum atomic E-state index is -0.662. The molecule has 0 aromatic carbocycles. The summed E-state index contributed by atoms with van der Waals surface area (Å²) in [6.07, 6.45) is 48.2. The zero-order chi connectivity index (χ0) is 33.6. The van der Waals surface area contributed by atoms with E-state index in [1.165, 1.54) is 199 Å². The maximum atomic E-state index is 11.7. The van der Waals surface area contributed by atoms with Crippen LogP contribution in [-0.2, 0) is 9.59 Å². The SMILES string of the molecule is CCCCCCCCCCCCCCCCCCC(CCCCCCCCCCCCCCCCCCCCCC(=O)O)C(=O)O. The Morgan fingerprint density at radius 1 is 0.348 bits per heavy atom. The number of unbranched alkanes of at least 4 members (excludes halogenated alkanes) is 33. The van der Waals surface area contributed by atoms with Crippen LogP contribution in [0.25, 0.3) is 0 Å². The van der Waals surface area contributed by atoms with Crippen molar-refractivity contribution in [3.05, 3.63) is 0 Å². The molecule has 0 aliphatic carbocycles. The predicted molar refractivity (Wildman–Crippen MR) is 200 cm³/mol. The fraction of sp³-hybridized carbons (Fsp3) is 0.952. The fourth-order valence-electron chi connectivity index (χ4n) is 7.00. The number of aliphatic carboxylic acids is 2. The van der Waals surface area contributed by atoms with E-state index in [4.69, 9.17) is 5.11 Å². The highest BCUT2D eigenvalue weighted by Crippen LogP contribution is 2.21. The Morgan fingerprint density at radius 2 is 0.565 bits per heavy atom. The molecule has 1 atom stereocenters. The maximum absolute atomic E-state index is 11.7. The predicted octanol–water partition coefficient (Wildman–Crippen LogP) is 14.6. The largest absolute Gasteiger partial charge is 0.481 e. The Morgan fingerprint density at radius 3 is 0.783 bits per heavy atom. The van der Waals surface area contributed by atoms with Crippen LogP contribution in [-0.4, -0.2) is 22.2 Å². The third kappa shape index (κ3) is 37.4. The lowest BCUT2D eigenvalue weighted by Crippen LogP contribution is -2.13. The molecule has 0 saturated carbocycles. The van der Waals surface area contributed by atoms with Crippen LogP contribution in [0.5, 0.6) is 0 Å². The molecule has 0 spiro atoms. The molecule has 274 valence electrons. The minimum absolute atomic E-state index is 0.117. The van der Waals surface area contributed by atoms with E-state index in [2.05, 4.69) is 6.92 Å². The highest BCUT2D eigenvalue weighted by Gasteiger charge is 2.16. The van der Waals surface area contributed by atoms with Crippen molar-refractivity contribution in [3.8, 4) is 0 Å². The third-order valence-electron chi connectivity index (χ3n) is 10.2. The van der Waals surface area contributed by atoms with Crippen LogP contribution >= 0.6 is 0 Å². The van der Waals surface area contributed by atoms with Crippen LogP contribution in [0.3, 0.4) is 0 Å². The van der Waals surface area contributed by atoms with Gasteiger partial charge in [0, 0.05) is 6.42 Å². The molecular weight excluding hydrogens is 568 g/mol. The van der Waals surface area contributed by atoms with Gasteiger partial charge in [-0.25, -0.2) is 0 Å². The van der Waals surface area contributed by atoms with Gasteiger partial charge in [0.25, 0.3) is 0 Å². The number of hydrogen-bond donors (Lipinski definition) is 2. The molecule has 0 heterocycles. The molecule has 0 aliphatic rings. The average Bonchev–Trinajstić information content (AvgIpc) is 3.03. The van der Waals surface area contributed by atoms with E-state index in [1.807, 2.05) is 0 Å². The van der Waals surface area contributed by atoms with Crippen molar-refractivity contribution in [1.82, 2.24) is 0 Å². The van der Waals surface area contributed by atoms with E-state index in [-0.39, 0.29) is 5.92 Å². The van der Waals surface area contributed by atoms with Gasteiger partial charge in [-0.1, -0.05) is 225 Å². The van der Waals surface area contributed by atoms with Crippen LogP contribution in [0.1, 0.15) is 251 Å². The second kappa shape index (κ2) is 38.4. The molecule has 4 heteroatoms. The highest BCUT2D eigenvalue weighted by molar-refractivity contribution is 5.69. The van der Waals surface area contributed by atoms with Gasteiger partial charge in [-0.15, -0.1) is 0 Å². The molecule has 0 aromatic heterocycles. The van der Waals surface area contributed by atoms with Gasteiger partial charge in [0.2, 0.25) is 0 Å². The lowest BCUT2D eigenvalue weighted by molar-refractivity contribution is -0.142. The van der Waals surface area contributed by atoms with E-state index >= 15 is 0 Å². The zero-order valence-corrected chi connectivity index (χ0v) is 31.2. The summed E-state index contributed by atoms with van der Waals surface area (Å²) in [6, 6.07) is 0. The number of carbonyl (C=O) groups is 2. The summed E-state index contributed by atoms with van der Waals surface area (Å²) in [7, 11) is 0. The summed E-state index contributed by atoms with van der Waals surface area (Å²) in [5, 5.41) is 18.3. The van der Waals surface area contributed by atoms with Crippen molar-refractivity contribution in [2.45, 2.75) is 251 Å². The number of carboxylic acids is 2. The van der Waals surface area contributed by atoms with Gasteiger partial charge in [0.05, 0.1) is 5.92 Å². The van der Waals surface area contributed by atoms with E-state index < -0.39 is 11.9 Å². The van der Waals surface area contributed by atoms with Gasteiger partial charge >= 0.3 is 11.9 Å². The van der Waals surface area contributed by atoms with E-state index in [9.17, 15) is 14.7 Å². The lowest BCUT2D eigenvalue weighted by atomic mass is 9.94. The Balaban J connectivity index is 3.35. The standard InChI is InChI=1S/C42H82O4/c1-2-3-4-5-6-7-8-9-10-16-19-22-25-28-31-34-37-40(42(45)46)38-35-32-29-26-23-20-17-14-12-11-13-15-18-21-24-27-30-33-36-39-41(43)44/h40H,2-39H2,1H3,(H,43,44)(H,45,46). The minimum Gasteiger partial charge on any atom is -0.481 e. The van der Waals surface area contributed by atoms with Crippen LogP contribution in [0.2, 0.25) is 0 Å². The lowest BCUT2D eigenvalue weighted by Gasteiger charge is -2.12. The first-order valence-electron chi connectivity index (χ1n) is 21.0. The Bertz CT molecular complexity index is 619. The first-order chi connectivity index (χ1) is 22.6. The number of carboxylic acid groups (broad SMARTS) is 2. The molecule has 0 bridgehead atoms. The van der Waals surface area contributed by atoms with Gasteiger partial charge < -0.3 is 10.2 Å². The summed E-state index contributed by atoms with van der Waals surface area (Å²) < 4.78 is 0. The highest BCUT2D eigenvalue weighted by atomic mass is 16.4. The molecule has 0 radical (unpaired) electrons. The Kier molecular flexibility index (Phi) is 37.5. The molecule has 2 N–H and O–H groups in total. The zero-order valence-electron chi connectivity index (χ0n) is 31.2. The summed E-state index contributed by atoms with van der Waals surface area (Å²) in [4.78, 5) is 22.2. The molecule has 1 unspecified atom stereocenters. The van der Waals surface area contributed by atoms with Crippen LogP contribution in [0.15, 0.2) is 0 Å². The molecule has 0 amide bonds. The second-order valence-corrected chi connectivity index (χ2v) is 14.8. The molecule has 0 aromatic rings. The first kappa shape index (κ1) is 44.9. The topological polar surface area (TPSA) is 74.6 Å². The first-order valence-corrected chi connectivity index (χ1v) is 21.0. The van der Waals surface area contributed by atoms with Gasteiger partial charge in [-0.2, -0.15) is 0 Å². The molecular formula is C42H82O4. The van der Waals surface area contributed by atoms with Gasteiger partial charge in [0.15, 0.2) is 0 Å². The smallest absolute Gasteiger partial charge is 0.306 e. The van der Waals surface area contributed by atoms with Gasteiger partial charge in [0.1, 0.15) is 0 Å². The van der Waals surface area contributed by atoms with Crippen molar-refractivity contribution in [3.63, 3.8) is 0 Å². The molecule has 46 heavy (non-hydrogen) atoms. The molecule has 0 saturated heterocycles. The van der Waals surface area contributed by atoms with Crippen LogP contribution < -0.4 is 0 Å². The quantitative estimate of drug-likeness (QED) is 0.0647. The molecule has 0 fully saturated rings. The van der Waals surface area contributed by atoms with Crippen LogP contribution in [0, 0.1) is 5.92 Å². The fourth-order valence-corrected chi connectivity index (χ4v) is 7.00.